The van der Waals surface area contributed by atoms with Crippen LogP contribution in [0.5, 0.6) is 5.75 Å². The molecule has 0 radical (unpaired) electrons. The standard InChI is InChI=1S/C18H17ClN4O3/c1-26-12-3-2-11(14(19)9-12)8-17(24)22-7-5-13-15(10-22)21-16-4-6-20-23(16)18(13)25/h2-4,6,9,20H,5,7-8,10H2,1H3. The van der Waals surface area contributed by atoms with Gasteiger partial charge in [-0.1, -0.05) is 17.7 Å². The Morgan fingerprint density at radius 2 is 2.23 bits per heavy atom. The van der Waals surface area contributed by atoms with Crippen LogP contribution in [0.15, 0.2) is 35.3 Å². The summed E-state index contributed by atoms with van der Waals surface area (Å²) in [5.41, 5.74) is 2.53. The summed E-state index contributed by atoms with van der Waals surface area (Å²) < 4.78 is 6.55. The van der Waals surface area contributed by atoms with Crippen molar-refractivity contribution in [2.24, 2.45) is 0 Å². The van der Waals surface area contributed by atoms with Gasteiger partial charge in [0.2, 0.25) is 5.91 Å². The van der Waals surface area contributed by atoms with Crippen LogP contribution in [0, 0.1) is 0 Å². The number of H-pyrrole nitrogens is 1. The molecule has 1 aliphatic heterocycles. The van der Waals surface area contributed by atoms with E-state index in [-0.39, 0.29) is 17.9 Å². The molecule has 0 unspecified atom stereocenters. The largest absolute Gasteiger partial charge is 0.497 e. The lowest BCUT2D eigenvalue weighted by molar-refractivity contribution is -0.131. The first-order chi connectivity index (χ1) is 12.6. The number of hydrogen-bond donors (Lipinski definition) is 1. The molecule has 1 amide bonds. The quantitative estimate of drug-likeness (QED) is 0.760. The number of halogens is 1. The predicted octanol–water partition coefficient (Wildman–Crippen LogP) is 1.81. The van der Waals surface area contributed by atoms with Gasteiger partial charge in [0.15, 0.2) is 5.65 Å². The van der Waals surface area contributed by atoms with Crippen LogP contribution in [-0.2, 0) is 24.2 Å². The summed E-state index contributed by atoms with van der Waals surface area (Å²) in [4.78, 5) is 31.4. The van der Waals surface area contributed by atoms with Crippen molar-refractivity contribution in [1.82, 2.24) is 19.5 Å². The lowest BCUT2D eigenvalue weighted by Crippen LogP contribution is -2.40. The Kier molecular flexibility index (Phi) is 4.16. The molecule has 8 heteroatoms. The molecule has 0 aliphatic carbocycles. The van der Waals surface area contributed by atoms with Crippen LogP contribution < -0.4 is 10.3 Å². The number of rotatable bonds is 3. The third-order valence-electron chi connectivity index (χ3n) is 4.65. The van der Waals surface area contributed by atoms with Crippen molar-refractivity contribution in [3.05, 3.63) is 62.7 Å². The fourth-order valence-corrected chi connectivity index (χ4v) is 3.45. The van der Waals surface area contributed by atoms with E-state index in [1.54, 1.807) is 42.5 Å². The Morgan fingerprint density at radius 3 is 3.00 bits per heavy atom. The second-order valence-electron chi connectivity index (χ2n) is 6.20. The van der Waals surface area contributed by atoms with Gasteiger partial charge in [0, 0.05) is 29.4 Å². The summed E-state index contributed by atoms with van der Waals surface area (Å²) in [6, 6.07) is 7.01. The molecule has 0 fully saturated rings. The van der Waals surface area contributed by atoms with E-state index in [2.05, 4.69) is 10.1 Å². The Morgan fingerprint density at radius 1 is 1.38 bits per heavy atom. The van der Waals surface area contributed by atoms with Crippen LogP contribution in [0.4, 0.5) is 0 Å². The van der Waals surface area contributed by atoms with Gasteiger partial charge in [-0.25, -0.2) is 9.50 Å². The highest BCUT2D eigenvalue weighted by Gasteiger charge is 2.25. The van der Waals surface area contributed by atoms with E-state index in [1.165, 1.54) is 4.52 Å². The van der Waals surface area contributed by atoms with E-state index in [9.17, 15) is 9.59 Å². The Balaban J connectivity index is 1.56. The normalized spacial score (nSPS) is 13.7. The highest BCUT2D eigenvalue weighted by Crippen LogP contribution is 2.24. The molecule has 1 aromatic carbocycles. The van der Waals surface area contributed by atoms with Crippen LogP contribution in [0.2, 0.25) is 5.02 Å². The van der Waals surface area contributed by atoms with Gasteiger partial charge in [-0.3, -0.25) is 14.7 Å². The SMILES string of the molecule is COc1ccc(CC(=O)N2CCc3c(nc4cc[nH]n4c3=O)C2)c(Cl)c1. The van der Waals surface area contributed by atoms with Crippen molar-refractivity contribution >= 4 is 23.2 Å². The molecule has 3 aromatic rings. The first-order valence-electron chi connectivity index (χ1n) is 8.25. The average molecular weight is 373 g/mol. The minimum Gasteiger partial charge on any atom is -0.497 e. The lowest BCUT2D eigenvalue weighted by Gasteiger charge is -2.28. The van der Waals surface area contributed by atoms with Crippen molar-refractivity contribution in [2.45, 2.75) is 19.4 Å². The molecule has 1 aliphatic rings. The Bertz CT molecular complexity index is 1060. The summed E-state index contributed by atoms with van der Waals surface area (Å²) in [6.45, 7) is 0.822. The van der Waals surface area contributed by atoms with Crippen molar-refractivity contribution in [1.29, 1.82) is 0 Å². The highest BCUT2D eigenvalue weighted by molar-refractivity contribution is 6.31. The molecule has 4 rings (SSSR count). The van der Waals surface area contributed by atoms with E-state index >= 15 is 0 Å². The maximum atomic E-state index is 12.7. The molecule has 134 valence electrons. The highest BCUT2D eigenvalue weighted by atomic mass is 35.5. The van der Waals surface area contributed by atoms with Gasteiger partial charge in [-0.2, -0.15) is 0 Å². The van der Waals surface area contributed by atoms with Crippen LogP contribution in [0.3, 0.4) is 0 Å². The number of aromatic nitrogens is 3. The molecule has 0 saturated heterocycles. The monoisotopic (exact) mass is 372 g/mol. The minimum absolute atomic E-state index is 0.0428. The number of nitrogens with one attached hydrogen (secondary N) is 1. The molecule has 1 N–H and O–H groups in total. The zero-order valence-corrected chi connectivity index (χ0v) is 14.9. The number of nitrogens with zero attached hydrogens (tertiary/aromatic N) is 3. The van der Waals surface area contributed by atoms with Crippen molar-refractivity contribution in [2.75, 3.05) is 13.7 Å². The summed E-state index contributed by atoms with van der Waals surface area (Å²) in [7, 11) is 1.57. The van der Waals surface area contributed by atoms with E-state index in [1.807, 2.05) is 0 Å². The van der Waals surface area contributed by atoms with E-state index < -0.39 is 0 Å². The Labute approximate surface area is 154 Å². The van der Waals surface area contributed by atoms with Gasteiger partial charge < -0.3 is 9.64 Å². The minimum atomic E-state index is -0.0969. The second-order valence-corrected chi connectivity index (χ2v) is 6.60. The smallest absolute Gasteiger partial charge is 0.276 e. The maximum absolute atomic E-state index is 12.7. The van der Waals surface area contributed by atoms with Crippen molar-refractivity contribution in [3.8, 4) is 5.75 Å². The zero-order valence-electron chi connectivity index (χ0n) is 14.2. The number of carbonyl (C=O) groups is 1. The molecule has 2 aromatic heterocycles. The van der Waals surface area contributed by atoms with Crippen LogP contribution in [-0.4, -0.2) is 39.1 Å². The number of amides is 1. The number of aromatic amines is 1. The first kappa shape index (κ1) is 16.7. The van der Waals surface area contributed by atoms with E-state index in [0.717, 1.165) is 5.56 Å². The molecular formula is C18H17ClN4O3. The topological polar surface area (TPSA) is 79.7 Å². The van der Waals surface area contributed by atoms with Crippen LogP contribution in [0.1, 0.15) is 16.8 Å². The van der Waals surface area contributed by atoms with Gasteiger partial charge in [0.1, 0.15) is 5.75 Å². The molecule has 0 spiro atoms. The number of methoxy groups -OCH3 is 1. The van der Waals surface area contributed by atoms with Gasteiger partial charge in [-0.05, 0) is 24.1 Å². The Hall–Kier alpha value is -2.80. The number of fused-ring (bicyclic) bond motifs is 2. The average Bonchev–Trinajstić information content (AvgIpc) is 3.11. The number of benzene rings is 1. The molecule has 0 saturated carbocycles. The van der Waals surface area contributed by atoms with Gasteiger partial charge in [0.05, 0.1) is 25.8 Å². The number of hydrogen-bond acceptors (Lipinski definition) is 4. The van der Waals surface area contributed by atoms with E-state index in [0.29, 0.717) is 47.2 Å². The fraction of sp³-hybridized carbons (Fsp3) is 0.278. The molecule has 0 atom stereocenters. The predicted molar refractivity (Wildman–Crippen MR) is 96.6 cm³/mol. The summed E-state index contributed by atoms with van der Waals surface area (Å²) in [5, 5.41) is 3.36. The molecule has 0 bridgehead atoms. The van der Waals surface area contributed by atoms with Gasteiger partial charge in [-0.15, -0.1) is 0 Å². The summed E-state index contributed by atoms with van der Waals surface area (Å²) in [6.07, 6.45) is 2.36. The van der Waals surface area contributed by atoms with Gasteiger partial charge in [0.25, 0.3) is 5.56 Å². The maximum Gasteiger partial charge on any atom is 0.276 e. The number of ether oxygens (including phenoxy) is 1. The first-order valence-corrected chi connectivity index (χ1v) is 8.62. The van der Waals surface area contributed by atoms with Crippen molar-refractivity contribution < 1.29 is 9.53 Å². The van der Waals surface area contributed by atoms with Crippen LogP contribution in [0.25, 0.3) is 5.65 Å². The van der Waals surface area contributed by atoms with E-state index in [4.69, 9.17) is 16.3 Å². The van der Waals surface area contributed by atoms with Crippen molar-refractivity contribution in [3.63, 3.8) is 0 Å². The second kappa shape index (κ2) is 6.49. The molecule has 3 heterocycles. The number of carbonyl (C=O) groups excluding carboxylic acids is 1. The van der Waals surface area contributed by atoms with Gasteiger partial charge >= 0.3 is 0 Å². The third kappa shape index (κ3) is 2.84. The third-order valence-corrected chi connectivity index (χ3v) is 5.00. The summed E-state index contributed by atoms with van der Waals surface area (Å²) >= 11 is 6.24. The molecular weight excluding hydrogens is 356 g/mol. The zero-order chi connectivity index (χ0) is 18.3. The summed E-state index contributed by atoms with van der Waals surface area (Å²) in [5.74, 6) is 0.608. The fourth-order valence-electron chi connectivity index (χ4n) is 3.22. The van der Waals surface area contributed by atoms with Crippen LogP contribution >= 0.6 is 11.6 Å². The molecule has 7 nitrogen and oxygen atoms in total. The molecule has 26 heavy (non-hydrogen) atoms. The lowest BCUT2D eigenvalue weighted by atomic mass is 10.0.